The Balaban J connectivity index is 2.36. The number of nitrogens with two attached hydrogens (primary N) is 1. The van der Waals surface area contributed by atoms with E-state index in [-0.39, 0.29) is 29.0 Å². The normalized spacial score (nSPS) is 21.5. The average molecular weight is 288 g/mol. The number of furan rings is 1. The zero-order valence-electron chi connectivity index (χ0n) is 10.5. The first-order valence-electron chi connectivity index (χ1n) is 5.92. The average Bonchev–Trinajstić information content (AvgIpc) is 2.72. The van der Waals surface area contributed by atoms with Crippen LogP contribution in [0.5, 0.6) is 0 Å². The highest BCUT2D eigenvalue weighted by molar-refractivity contribution is 7.89. The number of hydrogen-bond donors (Lipinski definition) is 2. The van der Waals surface area contributed by atoms with Gasteiger partial charge in [-0.2, -0.15) is 4.31 Å². The minimum absolute atomic E-state index is 0.0801. The highest BCUT2D eigenvalue weighted by atomic mass is 32.2. The van der Waals surface area contributed by atoms with Gasteiger partial charge in [0.25, 0.3) is 0 Å². The second kappa shape index (κ2) is 4.95. The summed E-state index contributed by atoms with van der Waals surface area (Å²) >= 11 is 0. The van der Waals surface area contributed by atoms with Crippen molar-refractivity contribution in [2.24, 2.45) is 5.73 Å². The van der Waals surface area contributed by atoms with Gasteiger partial charge in [0.05, 0.1) is 0 Å². The summed E-state index contributed by atoms with van der Waals surface area (Å²) in [5.74, 6) is -1.59. The van der Waals surface area contributed by atoms with Crippen molar-refractivity contribution in [1.29, 1.82) is 0 Å². The Bertz CT molecular complexity index is 592. The first-order chi connectivity index (χ1) is 8.82. The van der Waals surface area contributed by atoms with Gasteiger partial charge in [-0.3, -0.25) is 0 Å². The van der Waals surface area contributed by atoms with Crippen molar-refractivity contribution >= 4 is 16.0 Å². The van der Waals surface area contributed by atoms with E-state index < -0.39 is 16.0 Å². The zero-order chi connectivity index (χ0) is 14.2. The first kappa shape index (κ1) is 14.0. The van der Waals surface area contributed by atoms with Crippen molar-refractivity contribution in [3.05, 3.63) is 17.6 Å². The van der Waals surface area contributed by atoms with Crippen molar-refractivity contribution in [3.8, 4) is 0 Å². The summed E-state index contributed by atoms with van der Waals surface area (Å²) in [5, 5.41) is 8.82. The number of piperidine rings is 1. The molecule has 0 radical (unpaired) electrons. The van der Waals surface area contributed by atoms with Crippen molar-refractivity contribution in [2.75, 3.05) is 13.1 Å². The fourth-order valence-corrected chi connectivity index (χ4v) is 3.85. The van der Waals surface area contributed by atoms with Gasteiger partial charge in [-0.05, 0) is 19.8 Å². The van der Waals surface area contributed by atoms with E-state index in [1.165, 1.54) is 11.2 Å². The van der Waals surface area contributed by atoms with Gasteiger partial charge < -0.3 is 15.3 Å². The van der Waals surface area contributed by atoms with Gasteiger partial charge in [-0.1, -0.05) is 0 Å². The molecule has 1 aliphatic heterocycles. The van der Waals surface area contributed by atoms with E-state index in [2.05, 4.69) is 0 Å². The van der Waals surface area contributed by atoms with Crippen LogP contribution in [0, 0.1) is 6.92 Å². The van der Waals surface area contributed by atoms with Crippen LogP contribution >= 0.6 is 0 Å². The molecule has 0 aliphatic carbocycles. The molecule has 1 aromatic rings. The molecular formula is C11H16N2O5S. The molecule has 1 saturated heterocycles. The Morgan fingerprint density at radius 1 is 1.58 bits per heavy atom. The van der Waals surface area contributed by atoms with Crippen LogP contribution in [-0.4, -0.2) is 42.9 Å². The van der Waals surface area contributed by atoms with Crippen LogP contribution in [0.25, 0.3) is 0 Å². The summed E-state index contributed by atoms with van der Waals surface area (Å²) in [6.07, 6.45) is 1.49. The minimum Gasteiger partial charge on any atom is -0.475 e. The van der Waals surface area contributed by atoms with Gasteiger partial charge >= 0.3 is 5.97 Å². The van der Waals surface area contributed by atoms with E-state index in [1.54, 1.807) is 0 Å². The Labute approximate surface area is 111 Å². The number of carboxylic acid groups (broad SMARTS) is 1. The summed E-state index contributed by atoms with van der Waals surface area (Å²) in [6.45, 7) is 2.07. The van der Waals surface area contributed by atoms with E-state index in [0.717, 1.165) is 12.5 Å². The molecule has 1 fully saturated rings. The SMILES string of the molecule is Cc1oc(C(=O)O)cc1S(=O)(=O)N1CCCC(N)C1. The summed E-state index contributed by atoms with van der Waals surface area (Å²) in [4.78, 5) is 10.7. The third-order valence-electron chi connectivity index (χ3n) is 3.12. The maximum Gasteiger partial charge on any atom is 0.371 e. The van der Waals surface area contributed by atoms with Crippen LogP contribution in [0.1, 0.15) is 29.2 Å². The number of aryl methyl sites for hydroxylation is 1. The Hall–Kier alpha value is -1.38. The van der Waals surface area contributed by atoms with Gasteiger partial charge in [0.1, 0.15) is 10.7 Å². The van der Waals surface area contributed by atoms with Crippen molar-refractivity contribution < 1.29 is 22.7 Å². The lowest BCUT2D eigenvalue weighted by atomic mass is 10.1. The van der Waals surface area contributed by atoms with Crippen LogP contribution in [0.2, 0.25) is 0 Å². The number of nitrogens with zero attached hydrogens (tertiary/aromatic N) is 1. The largest absolute Gasteiger partial charge is 0.475 e. The third-order valence-corrected chi connectivity index (χ3v) is 5.09. The smallest absolute Gasteiger partial charge is 0.371 e. The maximum absolute atomic E-state index is 12.4. The molecule has 19 heavy (non-hydrogen) atoms. The van der Waals surface area contributed by atoms with Crippen LogP contribution in [0.15, 0.2) is 15.4 Å². The standard InChI is InChI=1S/C11H16N2O5S/c1-7-10(5-9(18-7)11(14)15)19(16,17)13-4-2-3-8(12)6-13/h5,8H,2-4,6,12H2,1H3,(H,14,15). The molecule has 1 aromatic heterocycles. The van der Waals surface area contributed by atoms with E-state index in [9.17, 15) is 13.2 Å². The molecule has 0 bridgehead atoms. The number of sulfonamides is 1. The molecular weight excluding hydrogens is 272 g/mol. The third kappa shape index (κ3) is 2.65. The van der Waals surface area contributed by atoms with Crippen LogP contribution in [0.4, 0.5) is 0 Å². The number of carbonyl (C=O) groups is 1. The summed E-state index contributed by atoms with van der Waals surface area (Å²) in [6, 6.07) is 0.863. The highest BCUT2D eigenvalue weighted by Crippen LogP contribution is 2.25. The predicted molar refractivity (Wildman–Crippen MR) is 66.4 cm³/mol. The van der Waals surface area contributed by atoms with E-state index in [0.29, 0.717) is 13.0 Å². The Morgan fingerprint density at radius 3 is 2.79 bits per heavy atom. The quantitative estimate of drug-likeness (QED) is 0.832. The topological polar surface area (TPSA) is 114 Å². The molecule has 1 aliphatic rings. The fraction of sp³-hybridized carbons (Fsp3) is 0.545. The molecule has 0 aromatic carbocycles. The van der Waals surface area contributed by atoms with E-state index in [1.807, 2.05) is 0 Å². The predicted octanol–water partition coefficient (Wildman–Crippen LogP) is 0.398. The Kier molecular flexibility index (Phi) is 3.66. The maximum atomic E-state index is 12.4. The lowest BCUT2D eigenvalue weighted by Crippen LogP contribution is -2.45. The molecule has 1 atom stereocenters. The van der Waals surface area contributed by atoms with Gasteiger partial charge in [0.15, 0.2) is 0 Å². The number of carboxylic acids is 1. The Morgan fingerprint density at radius 2 is 2.26 bits per heavy atom. The first-order valence-corrected chi connectivity index (χ1v) is 7.36. The molecule has 0 amide bonds. The minimum atomic E-state index is -3.74. The summed E-state index contributed by atoms with van der Waals surface area (Å²) < 4.78 is 31.0. The van der Waals surface area contributed by atoms with Gasteiger partial charge in [0, 0.05) is 25.2 Å². The second-order valence-electron chi connectivity index (χ2n) is 4.60. The molecule has 0 spiro atoms. The molecule has 2 heterocycles. The van der Waals surface area contributed by atoms with E-state index in [4.69, 9.17) is 15.3 Å². The molecule has 106 valence electrons. The number of rotatable bonds is 3. The zero-order valence-corrected chi connectivity index (χ0v) is 11.3. The molecule has 8 heteroatoms. The molecule has 7 nitrogen and oxygen atoms in total. The molecule has 3 N–H and O–H groups in total. The second-order valence-corrected chi connectivity index (χ2v) is 6.51. The van der Waals surface area contributed by atoms with Crippen LogP contribution < -0.4 is 5.73 Å². The lowest BCUT2D eigenvalue weighted by Gasteiger charge is -2.29. The molecule has 2 rings (SSSR count). The van der Waals surface area contributed by atoms with Crippen molar-refractivity contribution in [1.82, 2.24) is 4.31 Å². The van der Waals surface area contributed by atoms with Crippen molar-refractivity contribution in [3.63, 3.8) is 0 Å². The molecule has 0 saturated carbocycles. The van der Waals surface area contributed by atoms with Crippen LogP contribution in [-0.2, 0) is 10.0 Å². The fourth-order valence-electron chi connectivity index (χ4n) is 2.16. The van der Waals surface area contributed by atoms with Gasteiger partial charge in [-0.25, -0.2) is 13.2 Å². The van der Waals surface area contributed by atoms with Gasteiger partial charge in [0.2, 0.25) is 15.8 Å². The monoisotopic (exact) mass is 288 g/mol. The number of aromatic carboxylic acids is 1. The lowest BCUT2D eigenvalue weighted by molar-refractivity contribution is 0.0661. The molecule has 1 unspecified atom stereocenters. The van der Waals surface area contributed by atoms with Gasteiger partial charge in [-0.15, -0.1) is 0 Å². The van der Waals surface area contributed by atoms with Crippen molar-refractivity contribution in [2.45, 2.75) is 30.7 Å². The highest BCUT2D eigenvalue weighted by Gasteiger charge is 2.32. The number of hydrogen-bond acceptors (Lipinski definition) is 5. The van der Waals surface area contributed by atoms with Crippen LogP contribution in [0.3, 0.4) is 0 Å². The van der Waals surface area contributed by atoms with E-state index >= 15 is 0 Å². The summed E-state index contributed by atoms with van der Waals surface area (Å²) in [5.41, 5.74) is 5.77. The summed E-state index contributed by atoms with van der Waals surface area (Å²) in [7, 11) is -3.74.